The van der Waals surface area contributed by atoms with Crippen LogP contribution in [-0.4, -0.2) is 37.7 Å². The van der Waals surface area contributed by atoms with Crippen molar-refractivity contribution in [2.75, 3.05) is 0 Å². The molecule has 0 nitrogen and oxygen atoms in total. The maximum atomic E-state index is 0. The van der Waals surface area contributed by atoms with Crippen LogP contribution in [0.25, 0.3) is 0 Å². The van der Waals surface area contributed by atoms with E-state index >= 15 is 0 Å². The van der Waals surface area contributed by atoms with Gasteiger partial charge < -0.3 is 2.85 Å². The van der Waals surface area contributed by atoms with E-state index in [1.807, 2.05) is 0 Å². The van der Waals surface area contributed by atoms with Gasteiger partial charge in [0.05, 0.1) is 0 Å². The van der Waals surface area contributed by atoms with E-state index in [-0.39, 0.29) is 78.6 Å². The van der Waals surface area contributed by atoms with Gasteiger partial charge in [-0.15, -0.1) is 0 Å². The summed E-state index contributed by atoms with van der Waals surface area (Å²) < 4.78 is 0. The number of rotatable bonds is 0. The number of hydrogen-bond donors (Lipinski definition) is 0. The first-order chi connectivity index (χ1) is 0. The Morgan fingerprint density at radius 3 is 1.25 bits per heavy atom. The molecule has 0 atom stereocenters. The van der Waals surface area contributed by atoms with Gasteiger partial charge >= 0.3 is 37.7 Å². The Hall–Kier alpha value is 2.13. The molecular formula is CH8CaMnS. The standard InChI is InChI=1S/CH4.Ca.Mn.H2S.2H/h1H4;;;1H2;;/q;+2;;;2*-1. The van der Waals surface area contributed by atoms with Crippen LogP contribution in [0.1, 0.15) is 10.3 Å². The molecule has 0 aliphatic carbocycles. The molecule has 0 amide bonds. The number of hydrogen-bond acceptors (Lipinski definition) is 0. The van der Waals surface area contributed by atoms with Crippen LogP contribution in [0.4, 0.5) is 0 Å². The van der Waals surface area contributed by atoms with Crippen molar-refractivity contribution in [1.29, 1.82) is 0 Å². The molecule has 0 fully saturated rings. The zero-order chi connectivity index (χ0) is 0. The first kappa shape index (κ1) is 35.6. The van der Waals surface area contributed by atoms with Crippen molar-refractivity contribution in [3.63, 3.8) is 0 Å². The molecule has 0 aliphatic heterocycles. The third-order valence-electron chi connectivity index (χ3n) is 0. The van der Waals surface area contributed by atoms with Gasteiger partial charge in [-0.2, -0.15) is 13.5 Å². The second kappa shape index (κ2) is 19.3. The van der Waals surface area contributed by atoms with Crippen LogP contribution in [0, 0.1) is 0 Å². The molecule has 0 saturated heterocycles. The molecule has 0 aromatic rings. The Morgan fingerprint density at radius 1 is 1.25 bits per heavy atom. The quantitative estimate of drug-likeness (QED) is 0.440. The monoisotopic (exact) mass is 147 g/mol. The van der Waals surface area contributed by atoms with Crippen LogP contribution in [-0.2, 0) is 17.1 Å². The van der Waals surface area contributed by atoms with Crippen LogP contribution in [0.2, 0.25) is 0 Å². The molecule has 0 unspecified atom stereocenters. The molecule has 0 N–H and O–H groups in total. The summed E-state index contributed by atoms with van der Waals surface area (Å²) in [6.07, 6.45) is 0. The van der Waals surface area contributed by atoms with Crippen molar-refractivity contribution in [3.8, 4) is 0 Å². The molecule has 0 aromatic carbocycles. The zero-order valence-corrected chi connectivity index (χ0v) is 5.97. The third kappa shape index (κ3) is 8.92. The molecule has 3 heteroatoms. The van der Waals surface area contributed by atoms with Crippen LogP contribution in [0.3, 0.4) is 0 Å². The van der Waals surface area contributed by atoms with Crippen LogP contribution < -0.4 is 0 Å². The van der Waals surface area contributed by atoms with Gasteiger partial charge in [0.15, 0.2) is 0 Å². The minimum absolute atomic E-state index is 0. The molecule has 4 heavy (non-hydrogen) atoms. The second-order valence-electron chi connectivity index (χ2n) is 0. The Bertz CT molecular complexity index is 13.5. The molecule has 27 valence electrons. The summed E-state index contributed by atoms with van der Waals surface area (Å²) in [7, 11) is 0. The summed E-state index contributed by atoms with van der Waals surface area (Å²) in [4.78, 5) is 0. The van der Waals surface area contributed by atoms with Crippen LogP contribution in [0.5, 0.6) is 0 Å². The van der Waals surface area contributed by atoms with Gasteiger partial charge in [0.2, 0.25) is 0 Å². The third-order valence-corrected chi connectivity index (χ3v) is 0. The summed E-state index contributed by atoms with van der Waals surface area (Å²) in [5, 5.41) is 0. The minimum Gasteiger partial charge on any atom is -1.00 e. The Labute approximate surface area is 77.6 Å². The summed E-state index contributed by atoms with van der Waals surface area (Å²) in [5.41, 5.74) is 0. The topological polar surface area (TPSA) is 0 Å². The molecule has 0 saturated carbocycles. The van der Waals surface area contributed by atoms with E-state index in [0.29, 0.717) is 0 Å². The fourth-order valence-corrected chi connectivity index (χ4v) is 0. The second-order valence-corrected chi connectivity index (χ2v) is 0. The molecule has 0 spiro atoms. The first-order valence-corrected chi connectivity index (χ1v) is 0. The maximum Gasteiger partial charge on any atom is 2.00 e. The van der Waals surface area contributed by atoms with E-state index in [4.69, 9.17) is 0 Å². The van der Waals surface area contributed by atoms with Gasteiger partial charge in [-0.05, 0) is 0 Å². The van der Waals surface area contributed by atoms with Gasteiger partial charge in [-0.3, -0.25) is 0 Å². The van der Waals surface area contributed by atoms with E-state index in [9.17, 15) is 0 Å². The van der Waals surface area contributed by atoms with E-state index in [1.165, 1.54) is 0 Å². The predicted molar refractivity (Wildman–Crippen MR) is 25.1 cm³/mol. The van der Waals surface area contributed by atoms with E-state index in [1.54, 1.807) is 0 Å². The summed E-state index contributed by atoms with van der Waals surface area (Å²) in [6, 6.07) is 0. The molecular weight excluding hydrogens is 139 g/mol. The van der Waals surface area contributed by atoms with Crippen LogP contribution in [0.15, 0.2) is 0 Å². The molecule has 0 aromatic heterocycles. The van der Waals surface area contributed by atoms with Gasteiger partial charge in [0.25, 0.3) is 0 Å². The molecule has 0 aliphatic rings. The summed E-state index contributed by atoms with van der Waals surface area (Å²) in [5.74, 6) is 0. The Balaban J connectivity index is 0. The molecule has 0 rings (SSSR count). The smallest absolute Gasteiger partial charge is 1.00 e. The van der Waals surface area contributed by atoms with Crippen LogP contribution >= 0.6 is 13.5 Å². The van der Waals surface area contributed by atoms with Crippen molar-refractivity contribution >= 4 is 51.2 Å². The molecule has 1 radical (unpaired) electrons. The summed E-state index contributed by atoms with van der Waals surface area (Å²) in [6.45, 7) is 0. The fraction of sp³-hybridized carbons (Fsp3) is 1.00. The van der Waals surface area contributed by atoms with E-state index < -0.39 is 0 Å². The Kier molecular flexibility index (Phi) is 172. The largest absolute Gasteiger partial charge is 2.00 e. The van der Waals surface area contributed by atoms with Gasteiger partial charge in [0, 0.05) is 17.1 Å². The SMILES string of the molecule is C.S.[Ca+2].[H-].[H-].[Mn]. The van der Waals surface area contributed by atoms with E-state index in [2.05, 4.69) is 0 Å². The average Bonchev–Trinajstić information content (AvgIpc) is 0. The van der Waals surface area contributed by atoms with Crippen molar-refractivity contribution < 1.29 is 19.9 Å². The normalized spacial score (nSPS) is 0. The van der Waals surface area contributed by atoms with Crippen molar-refractivity contribution in [2.24, 2.45) is 0 Å². The first-order valence-electron chi connectivity index (χ1n) is 0. The van der Waals surface area contributed by atoms with Crippen molar-refractivity contribution in [3.05, 3.63) is 0 Å². The predicted octanol–water partition coefficient (Wildman–Crippen LogP) is 0.591. The van der Waals surface area contributed by atoms with Gasteiger partial charge in [-0.1, -0.05) is 7.43 Å². The zero-order valence-electron chi connectivity index (χ0n) is 3.59. The minimum atomic E-state index is 0. The molecule has 0 heterocycles. The molecule has 0 bridgehead atoms. The van der Waals surface area contributed by atoms with Gasteiger partial charge in [0.1, 0.15) is 0 Å². The fourth-order valence-electron chi connectivity index (χ4n) is 0. The van der Waals surface area contributed by atoms with Crippen molar-refractivity contribution in [1.82, 2.24) is 0 Å². The Morgan fingerprint density at radius 2 is 1.25 bits per heavy atom. The van der Waals surface area contributed by atoms with Gasteiger partial charge in [-0.25, -0.2) is 0 Å². The summed E-state index contributed by atoms with van der Waals surface area (Å²) >= 11 is 0. The maximum absolute atomic E-state index is 0. The van der Waals surface area contributed by atoms with Crippen molar-refractivity contribution in [2.45, 2.75) is 7.43 Å². The average molecular weight is 147 g/mol. The van der Waals surface area contributed by atoms with E-state index in [0.717, 1.165) is 0 Å².